The Bertz CT molecular complexity index is 527. The maximum atomic E-state index is 12.2. The molecule has 1 heterocycles. The number of hydrogen-bond donors (Lipinski definition) is 2. The van der Waals surface area contributed by atoms with Gasteiger partial charge in [0.15, 0.2) is 0 Å². The third-order valence-electron chi connectivity index (χ3n) is 4.46. The zero-order chi connectivity index (χ0) is 15.4. The van der Waals surface area contributed by atoms with E-state index in [1.807, 2.05) is 12.1 Å². The molecule has 1 aromatic rings. The smallest absolute Gasteiger partial charge is 0.228 e. The van der Waals surface area contributed by atoms with Crippen LogP contribution in [0.2, 0.25) is 5.02 Å². The van der Waals surface area contributed by atoms with Crippen LogP contribution in [0.3, 0.4) is 0 Å². The molecule has 2 aliphatic rings. The molecule has 1 saturated carbocycles. The van der Waals surface area contributed by atoms with Gasteiger partial charge in [0.05, 0.1) is 17.0 Å². The minimum absolute atomic E-state index is 0. The van der Waals surface area contributed by atoms with Crippen molar-refractivity contribution in [3.63, 3.8) is 0 Å². The van der Waals surface area contributed by atoms with Crippen molar-refractivity contribution < 1.29 is 9.53 Å². The lowest BCUT2D eigenvalue weighted by Crippen LogP contribution is -2.37. The van der Waals surface area contributed by atoms with Crippen LogP contribution < -0.4 is 15.4 Å². The van der Waals surface area contributed by atoms with Crippen LogP contribution in [0.4, 0.5) is 5.69 Å². The van der Waals surface area contributed by atoms with Crippen molar-refractivity contribution in [2.75, 3.05) is 18.4 Å². The number of halogens is 2. The summed E-state index contributed by atoms with van der Waals surface area (Å²) in [6.45, 7) is 1.76. The number of ether oxygens (including phenoxy) is 1. The second-order valence-electron chi connectivity index (χ2n) is 6.20. The van der Waals surface area contributed by atoms with Crippen LogP contribution in [0, 0.1) is 5.92 Å². The fraction of sp³-hybridized carbons (Fsp3) is 0.588. The van der Waals surface area contributed by atoms with Crippen LogP contribution in [-0.2, 0) is 4.79 Å². The zero-order valence-electron chi connectivity index (χ0n) is 13.1. The minimum Gasteiger partial charge on any atom is -0.489 e. The van der Waals surface area contributed by atoms with E-state index in [4.69, 9.17) is 16.3 Å². The van der Waals surface area contributed by atoms with E-state index in [-0.39, 0.29) is 30.3 Å². The quantitative estimate of drug-likeness (QED) is 0.854. The van der Waals surface area contributed by atoms with Gasteiger partial charge < -0.3 is 15.4 Å². The highest BCUT2D eigenvalue weighted by atomic mass is 35.5. The molecule has 1 amide bonds. The van der Waals surface area contributed by atoms with Crippen LogP contribution in [0.5, 0.6) is 5.75 Å². The standard InChI is InChI=1S/C17H23ClN2O2.ClH/c18-15-10-13(20-17(21)12-4-3-9-19-11-12)7-8-16(15)22-14-5-1-2-6-14;/h7-8,10,12,14,19H,1-6,9,11H2,(H,20,21);1H. The van der Waals surface area contributed by atoms with Gasteiger partial charge in [-0.3, -0.25) is 4.79 Å². The average molecular weight is 359 g/mol. The minimum atomic E-state index is 0. The van der Waals surface area contributed by atoms with Crippen LogP contribution in [0.25, 0.3) is 0 Å². The highest BCUT2D eigenvalue weighted by Crippen LogP contribution is 2.32. The summed E-state index contributed by atoms with van der Waals surface area (Å²) >= 11 is 6.29. The predicted molar refractivity (Wildman–Crippen MR) is 95.8 cm³/mol. The molecule has 1 unspecified atom stereocenters. The van der Waals surface area contributed by atoms with E-state index in [0.717, 1.165) is 44.5 Å². The van der Waals surface area contributed by atoms with E-state index in [0.29, 0.717) is 10.8 Å². The maximum Gasteiger partial charge on any atom is 0.228 e. The van der Waals surface area contributed by atoms with Gasteiger partial charge >= 0.3 is 0 Å². The van der Waals surface area contributed by atoms with E-state index in [2.05, 4.69) is 10.6 Å². The third kappa shape index (κ3) is 5.00. The van der Waals surface area contributed by atoms with E-state index in [1.54, 1.807) is 6.07 Å². The van der Waals surface area contributed by atoms with Gasteiger partial charge in [-0.15, -0.1) is 12.4 Å². The highest BCUT2D eigenvalue weighted by molar-refractivity contribution is 6.32. The van der Waals surface area contributed by atoms with Crippen molar-refractivity contribution in [2.24, 2.45) is 5.92 Å². The first-order valence-corrected chi connectivity index (χ1v) is 8.58. The van der Waals surface area contributed by atoms with Crippen molar-refractivity contribution >= 4 is 35.6 Å². The van der Waals surface area contributed by atoms with E-state index >= 15 is 0 Å². The van der Waals surface area contributed by atoms with Crippen molar-refractivity contribution in [1.82, 2.24) is 5.32 Å². The summed E-state index contributed by atoms with van der Waals surface area (Å²) in [6, 6.07) is 5.50. The summed E-state index contributed by atoms with van der Waals surface area (Å²) in [7, 11) is 0. The number of anilines is 1. The Hall–Kier alpha value is -0.970. The molecule has 1 aliphatic carbocycles. The number of piperidine rings is 1. The van der Waals surface area contributed by atoms with E-state index in [1.165, 1.54) is 12.8 Å². The van der Waals surface area contributed by atoms with Gasteiger partial charge in [0.2, 0.25) is 5.91 Å². The topological polar surface area (TPSA) is 50.4 Å². The molecule has 2 N–H and O–H groups in total. The highest BCUT2D eigenvalue weighted by Gasteiger charge is 2.21. The predicted octanol–water partition coefficient (Wildman–Crippen LogP) is 4.02. The number of benzene rings is 1. The Morgan fingerprint density at radius 3 is 2.65 bits per heavy atom. The van der Waals surface area contributed by atoms with Gasteiger partial charge in [-0.1, -0.05) is 11.6 Å². The van der Waals surface area contributed by atoms with Crippen molar-refractivity contribution in [1.29, 1.82) is 0 Å². The van der Waals surface area contributed by atoms with Crippen molar-refractivity contribution in [3.8, 4) is 5.75 Å². The molecule has 3 rings (SSSR count). The Balaban J connectivity index is 0.00000192. The monoisotopic (exact) mass is 358 g/mol. The van der Waals surface area contributed by atoms with Gasteiger partial charge in [-0.25, -0.2) is 0 Å². The molecule has 2 fully saturated rings. The van der Waals surface area contributed by atoms with Crippen molar-refractivity contribution in [3.05, 3.63) is 23.2 Å². The first-order valence-electron chi connectivity index (χ1n) is 8.20. The lowest BCUT2D eigenvalue weighted by Gasteiger charge is -2.22. The zero-order valence-corrected chi connectivity index (χ0v) is 14.7. The Morgan fingerprint density at radius 1 is 1.22 bits per heavy atom. The summed E-state index contributed by atoms with van der Waals surface area (Å²) in [6.07, 6.45) is 6.93. The molecule has 0 spiro atoms. The second-order valence-corrected chi connectivity index (χ2v) is 6.61. The molecule has 1 atom stereocenters. The number of hydrogen-bond acceptors (Lipinski definition) is 3. The summed E-state index contributed by atoms with van der Waals surface area (Å²) in [4.78, 5) is 12.2. The molecule has 0 bridgehead atoms. The lowest BCUT2D eigenvalue weighted by molar-refractivity contribution is -0.120. The fourth-order valence-electron chi connectivity index (χ4n) is 3.18. The van der Waals surface area contributed by atoms with Gasteiger partial charge in [0, 0.05) is 12.2 Å². The van der Waals surface area contributed by atoms with Crippen LogP contribution in [0.15, 0.2) is 18.2 Å². The van der Waals surface area contributed by atoms with Gasteiger partial charge in [0.25, 0.3) is 0 Å². The molecular formula is C17H24Cl2N2O2. The summed E-state index contributed by atoms with van der Waals surface area (Å²) < 4.78 is 5.93. The van der Waals surface area contributed by atoms with Crippen LogP contribution in [-0.4, -0.2) is 25.1 Å². The Labute approximate surface area is 148 Å². The Morgan fingerprint density at radius 2 is 2.00 bits per heavy atom. The van der Waals surface area contributed by atoms with E-state index < -0.39 is 0 Å². The molecule has 128 valence electrons. The number of carbonyl (C=O) groups is 1. The Kier molecular flexibility index (Phi) is 7.00. The molecule has 23 heavy (non-hydrogen) atoms. The molecule has 4 nitrogen and oxygen atoms in total. The molecule has 1 saturated heterocycles. The number of amides is 1. The van der Waals surface area contributed by atoms with Gasteiger partial charge in [-0.05, 0) is 63.3 Å². The number of nitrogens with one attached hydrogen (secondary N) is 2. The van der Waals surface area contributed by atoms with E-state index in [9.17, 15) is 4.79 Å². The summed E-state index contributed by atoms with van der Waals surface area (Å²) in [5.74, 6) is 0.820. The molecule has 1 aliphatic heterocycles. The van der Waals surface area contributed by atoms with Crippen LogP contribution in [0.1, 0.15) is 38.5 Å². The molecule has 1 aromatic carbocycles. The number of carbonyl (C=O) groups excluding carboxylic acids is 1. The third-order valence-corrected chi connectivity index (χ3v) is 4.76. The molecule has 0 radical (unpaired) electrons. The first-order chi connectivity index (χ1) is 10.7. The molecule has 0 aromatic heterocycles. The normalized spacial score (nSPS) is 21.5. The molecule has 6 heteroatoms. The van der Waals surface area contributed by atoms with Gasteiger partial charge in [-0.2, -0.15) is 0 Å². The van der Waals surface area contributed by atoms with Crippen LogP contribution >= 0.6 is 24.0 Å². The summed E-state index contributed by atoms with van der Waals surface area (Å²) in [5.41, 5.74) is 0.736. The lowest BCUT2D eigenvalue weighted by atomic mass is 9.99. The number of rotatable bonds is 4. The second kappa shape index (κ2) is 8.76. The fourth-order valence-corrected chi connectivity index (χ4v) is 3.40. The first kappa shape index (κ1) is 18.4. The maximum absolute atomic E-state index is 12.2. The SMILES string of the molecule is Cl.O=C(Nc1ccc(OC2CCCC2)c(Cl)c1)C1CCCNC1. The molecular weight excluding hydrogens is 335 g/mol. The summed E-state index contributed by atoms with van der Waals surface area (Å²) in [5, 5.41) is 6.77. The van der Waals surface area contributed by atoms with Gasteiger partial charge in [0.1, 0.15) is 5.75 Å². The van der Waals surface area contributed by atoms with Crippen molar-refractivity contribution in [2.45, 2.75) is 44.6 Å². The largest absolute Gasteiger partial charge is 0.489 e. The average Bonchev–Trinajstić information content (AvgIpc) is 3.04.